The van der Waals surface area contributed by atoms with Gasteiger partial charge in [-0.05, 0) is 13.8 Å². The van der Waals surface area contributed by atoms with Crippen LogP contribution in [0.5, 0.6) is 0 Å². The lowest BCUT2D eigenvalue weighted by Crippen LogP contribution is -2.37. The van der Waals surface area contributed by atoms with Crippen molar-refractivity contribution < 1.29 is 22.3 Å². The summed E-state index contributed by atoms with van der Waals surface area (Å²) < 4.78 is 46.1. The number of nitrogens with one attached hydrogen (secondary N) is 1. The zero-order valence-corrected chi connectivity index (χ0v) is 13.6. The number of aryl methyl sites for hydroxylation is 1. The van der Waals surface area contributed by atoms with Crippen molar-refractivity contribution in [1.82, 2.24) is 9.29 Å². The van der Waals surface area contributed by atoms with Crippen LogP contribution in [0.15, 0.2) is 11.1 Å². The van der Waals surface area contributed by atoms with Crippen LogP contribution in [-0.4, -0.2) is 38.1 Å². The van der Waals surface area contributed by atoms with Crippen LogP contribution in [0.25, 0.3) is 0 Å². The molecule has 1 heterocycles. The molecule has 1 unspecified atom stereocenters. The molecule has 0 aliphatic rings. The summed E-state index contributed by atoms with van der Waals surface area (Å²) >= 11 is 0. The van der Waals surface area contributed by atoms with Gasteiger partial charge < -0.3 is 15.0 Å². The zero-order chi connectivity index (χ0) is 15.5. The Morgan fingerprint density at radius 1 is 1.57 bits per heavy atom. The molecule has 0 amide bonds. The molecule has 0 saturated carbocycles. The van der Waals surface area contributed by atoms with E-state index in [2.05, 4.69) is 9.46 Å². The maximum Gasteiger partial charge on any atom is 0.358 e. The van der Waals surface area contributed by atoms with E-state index in [0.29, 0.717) is 0 Å². The van der Waals surface area contributed by atoms with Crippen molar-refractivity contribution in [3.63, 3.8) is 0 Å². The Balaban J connectivity index is 0.00000400. The number of esters is 1. The summed E-state index contributed by atoms with van der Waals surface area (Å²) in [6.07, 6.45) is 1.02. The molecule has 7 nitrogen and oxygen atoms in total. The Bertz CT molecular complexity index is 603. The molecule has 1 aromatic heterocycles. The van der Waals surface area contributed by atoms with Crippen LogP contribution >= 0.6 is 12.4 Å². The molecule has 3 N–H and O–H groups in total. The number of sulfonamides is 1. The number of carbonyl (C=O) groups excluding carboxylic acids is 1. The number of nitrogens with two attached hydrogens (primary N) is 1. The molecule has 1 atom stereocenters. The maximum absolute atomic E-state index is 14.1. The van der Waals surface area contributed by atoms with Gasteiger partial charge in [-0.1, -0.05) is 0 Å². The molecule has 0 spiro atoms. The normalized spacial score (nSPS) is 12.6. The first-order valence-corrected chi connectivity index (χ1v) is 7.47. The molecule has 122 valence electrons. The summed E-state index contributed by atoms with van der Waals surface area (Å²) in [6, 6.07) is -0.550. The Morgan fingerprint density at radius 2 is 2.14 bits per heavy atom. The number of halogens is 2. The number of aromatic nitrogens is 1. The van der Waals surface area contributed by atoms with Crippen LogP contribution in [0.3, 0.4) is 0 Å². The van der Waals surface area contributed by atoms with Crippen LogP contribution in [0.4, 0.5) is 4.39 Å². The first-order chi connectivity index (χ1) is 9.24. The minimum absolute atomic E-state index is 0. The highest BCUT2D eigenvalue weighted by molar-refractivity contribution is 7.89. The largest absolute Gasteiger partial charge is 0.461 e. The topological polar surface area (TPSA) is 103 Å². The SMILES string of the molecule is CCOC(=O)c1c(F)c(S(=O)(=O)NC(C)CN)cn1C.Cl. The van der Waals surface area contributed by atoms with E-state index < -0.39 is 38.4 Å². The molecule has 0 bridgehead atoms. The van der Waals surface area contributed by atoms with E-state index in [1.807, 2.05) is 0 Å². The smallest absolute Gasteiger partial charge is 0.358 e. The number of hydrogen-bond acceptors (Lipinski definition) is 5. The van der Waals surface area contributed by atoms with Crippen LogP contribution in [-0.2, 0) is 21.8 Å². The second kappa shape index (κ2) is 7.74. The molecule has 0 aliphatic carbocycles. The van der Waals surface area contributed by atoms with Gasteiger partial charge >= 0.3 is 5.97 Å². The van der Waals surface area contributed by atoms with Gasteiger partial charge in [0.15, 0.2) is 11.5 Å². The van der Waals surface area contributed by atoms with E-state index in [0.717, 1.165) is 10.8 Å². The average Bonchev–Trinajstić information content (AvgIpc) is 2.65. The highest BCUT2D eigenvalue weighted by Crippen LogP contribution is 2.20. The third kappa shape index (κ3) is 4.40. The Hall–Kier alpha value is -1.16. The van der Waals surface area contributed by atoms with Gasteiger partial charge in [0, 0.05) is 25.8 Å². The Kier molecular flexibility index (Phi) is 7.31. The average molecular weight is 344 g/mol. The third-order valence-electron chi connectivity index (χ3n) is 2.56. The Morgan fingerprint density at radius 3 is 2.62 bits per heavy atom. The summed E-state index contributed by atoms with van der Waals surface area (Å²) in [6.45, 7) is 3.25. The molecule has 0 radical (unpaired) electrons. The standard InChI is InChI=1S/C11H18FN3O4S.ClH/c1-4-19-11(16)10-9(12)8(6-15(10)3)20(17,18)14-7(2)5-13;/h6-7,14H,4-5,13H2,1-3H3;1H. The van der Waals surface area contributed by atoms with E-state index >= 15 is 0 Å². The number of ether oxygens (including phenoxy) is 1. The Labute approximate surface area is 129 Å². The van der Waals surface area contributed by atoms with Crippen molar-refractivity contribution in [2.24, 2.45) is 12.8 Å². The van der Waals surface area contributed by atoms with Gasteiger partial charge in [0.2, 0.25) is 10.0 Å². The van der Waals surface area contributed by atoms with Crippen LogP contribution < -0.4 is 10.5 Å². The second-order valence-electron chi connectivity index (χ2n) is 4.25. The molecule has 1 aromatic rings. The van der Waals surface area contributed by atoms with E-state index in [1.54, 1.807) is 13.8 Å². The fourth-order valence-electron chi connectivity index (χ4n) is 1.57. The summed E-state index contributed by atoms with van der Waals surface area (Å²) in [5, 5.41) is 0. The number of hydrogen-bond donors (Lipinski definition) is 2. The van der Waals surface area contributed by atoms with Crippen molar-refractivity contribution >= 4 is 28.4 Å². The van der Waals surface area contributed by atoms with Crippen molar-refractivity contribution in [2.45, 2.75) is 24.8 Å². The van der Waals surface area contributed by atoms with Gasteiger partial charge in [-0.3, -0.25) is 0 Å². The molecule has 0 aromatic carbocycles. The minimum atomic E-state index is -4.09. The van der Waals surface area contributed by atoms with Gasteiger partial charge in [0.25, 0.3) is 0 Å². The fraction of sp³-hybridized carbons (Fsp3) is 0.545. The summed E-state index contributed by atoms with van der Waals surface area (Å²) in [5.41, 5.74) is 4.88. The number of carbonyl (C=O) groups is 1. The van der Waals surface area contributed by atoms with Crippen molar-refractivity contribution in [2.75, 3.05) is 13.2 Å². The molecule has 10 heteroatoms. The van der Waals surface area contributed by atoms with Crippen LogP contribution in [0, 0.1) is 5.82 Å². The van der Waals surface area contributed by atoms with Crippen LogP contribution in [0.1, 0.15) is 24.3 Å². The third-order valence-corrected chi connectivity index (χ3v) is 4.13. The quantitative estimate of drug-likeness (QED) is 0.727. The lowest BCUT2D eigenvalue weighted by atomic mass is 10.4. The van der Waals surface area contributed by atoms with Crippen molar-refractivity contribution in [3.05, 3.63) is 17.7 Å². The first-order valence-electron chi connectivity index (χ1n) is 5.98. The van der Waals surface area contributed by atoms with Crippen molar-refractivity contribution in [1.29, 1.82) is 0 Å². The fourth-order valence-corrected chi connectivity index (χ4v) is 2.95. The number of rotatable bonds is 6. The molecule has 0 saturated heterocycles. The van der Waals surface area contributed by atoms with Gasteiger partial charge in [0.05, 0.1) is 6.61 Å². The zero-order valence-electron chi connectivity index (χ0n) is 11.9. The molecule has 0 fully saturated rings. The van der Waals surface area contributed by atoms with E-state index in [9.17, 15) is 17.6 Å². The minimum Gasteiger partial charge on any atom is -0.461 e. The van der Waals surface area contributed by atoms with Crippen LogP contribution in [0.2, 0.25) is 0 Å². The van der Waals surface area contributed by atoms with Gasteiger partial charge in [-0.2, -0.15) is 0 Å². The lowest BCUT2D eigenvalue weighted by Gasteiger charge is -2.10. The molecule has 0 aliphatic heterocycles. The lowest BCUT2D eigenvalue weighted by molar-refractivity contribution is 0.0509. The van der Waals surface area contributed by atoms with E-state index in [-0.39, 0.29) is 25.6 Å². The number of nitrogens with zero attached hydrogens (tertiary/aromatic N) is 1. The molecular formula is C11H19ClFN3O4S. The summed E-state index contributed by atoms with van der Waals surface area (Å²) in [7, 11) is -2.72. The summed E-state index contributed by atoms with van der Waals surface area (Å²) in [4.78, 5) is 11.0. The monoisotopic (exact) mass is 343 g/mol. The maximum atomic E-state index is 14.1. The predicted molar refractivity (Wildman–Crippen MR) is 77.4 cm³/mol. The van der Waals surface area contributed by atoms with E-state index in [1.165, 1.54) is 7.05 Å². The van der Waals surface area contributed by atoms with Crippen molar-refractivity contribution in [3.8, 4) is 0 Å². The highest BCUT2D eigenvalue weighted by atomic mass is 35.5. The van der Waals surface area contributed by atoms with Gasteiger partial charge in [-0.25, -0.2) is 22.3 Å². The van der Waals surface area contributed by atoms with Gasteiger partial charge in [-0.15, -0.1) is 12.4 Å². The van der Waals surface area contributed by atoms with Gasteiger partial charge in [0.1, 0.15) is 4.90 Å². The summed E-state index contributed by atoms with van der Waals surface area (Å²) in [5.74, 6) is -2.05. The molecule has 1 rings (SSSR count). The molecule has 21 heavy (non-hydrogen) atoms. The molecular weight excluding hydrogens is 325 g/mol. The highest BCUT2D eigenvalue weighted by Gasteiger charge is 2.29. The predicted octanol–water partition coefficient (Wildman–Crippen LogP) is 0.388. The second-order valence-corrected chi connectivity index (χ2v) is 5.93. The van der Waals surface area contributed by atoms with E-state index in [4.69, 9.17) is 5.73 Å². The first kappa shape index (κ1) is 19.8.